The Morgan fingerprint density at radius 1 is 1.38 bits per heavy atom. The van der Waals surface area contributed by atoms with Crippen molar-refractivity contribution in [1.29, 1.82) is 0 Å². The summed E-state index contributed by atoms with van der Waals surface area (Å²) in [6.45, 7) is 0. The van der Waals surface area contributed by atoms with E-state index in [0.29, 0.717) is 11.4 Å². The van der Waals surface area contributed by atoms with Gasteiger partial charge in [0.2, 0.25) is 0 Å². The Bertz CT molecular complexity index is 841. The van der Waals surface area contributed by atoms with Crippen LogP contribution in [0.5, 0.6) is 0 Å². The van der Waals surface area contributed by atoms with Gasteiger partial charge in [0.1, 0.15) is 11.5 Å². The second kappa shape index (κ2) is 5.18. The van der Waals surface area contributed by atoms with E-state index in [1.807, 2.05) is 31.3 Å². The number of primary amides is 1. The summed E-state index contributed by atoms with van der Waals surface area (Å²) < 4.78 is 1.81. The van der Waals surface area contributed by atoms with Crippen LogP contribution in [0.15, 0.2) is 36.7 Å². The van der Waals surface area contributed by atoms with E-state index in [0.717, 1.165) is 22.3 Å². The van der Waals surface area contributed by atoms with Crippen LogP contribution in [0, 0.1) is 0 Å². The largest absolute Gasteiger partial charge is 0.364 e. The lowest BCUT2D eigenvalue weighted by Crippen LogP contribution is -2.11. The SMILES string of the molecule is Cn1cc(C(N)=O)nc1Cc1ccc2ncc(Cl)cc2c1. The molecule has 0 aliphatic carbocycles. The second-order valence-electron chi connectivity index (χ2n) is 4.87. The number of aromatic nitrogens is 3. The molecule has 0 radical (unpaired) electrons. The van der Waals surface area contributed by atoms with Crippen molar-refractivity contribution < 1.29 is 4.79 Å². The fourth-order valence-corrected chi connectivity index (χ4v) is 2.40. The second-order valence-corrected chi connectivity index (χ2v) is 5.31. The van der Waals surface area contributed by atoms with Crippen LogP contribution in [0.25, 0.3) is 10.9 Å². The highest BCUT2D eigenvalue weighted by Crippen LogP contribution is 2.19. The lowest BCUT2D eigenvalue weighted by atomic mass is 10.1. The number of nitrogens with two attached hydrogens (primary N) is 1. The zero-order valence-electron chi connectivity index (χ0n) is 11.4. The summed E-state index contributed by atoms with van der Waals surface area (Å²) in [7, 11) is 1.84. The number of pyridine rings is 1. The molecule has 2 aromatic heterocycles. The summed E-state index contributed by atoms with van der Waals surface area (Å²) in [6, 6.07) is 7.83. The molecule has 106 valence electrons. The summed E-state index contributed by atoms with van der Waals surface area (Å²) >= 11 is 5.96. The minimum absolute atomic E-state index is 0.276. The maximum Gasteiger partial charge on any atom is 0.268 e. The molecule has 21 heavy (non-hydrogen) atoms. The fourth-order valence-electron chi connectivity index (χ4n) is 2.23. The third kappa shape index (κ3) is 2.73. The molecule has 5 nitrogen and oxygen atoms in total. The van der Waals surface area contributed by atoms with E-state index in [9.17, 15) is 4.79 Å². The van der Waals surface area contributed by atoms with Crippen LogP contribution in [-0.2, 0) is 13.5 Å². The number of hydrogen-bond donors (Lipinski definition) is 1. The van der Waals surface area contributed by atoms with E-state index in [-0.39, 0.29) is 5.69 Å². The van der Waals surface area contributed by atoms with Crippen LogP contribution in [0.1, 0.15) is 21.9 Å². The van der Waals surface area contributed by atoms with Gasteiger partial charge < -0.3 is 10.3 Å². The van der Waals surface area contributed by atoms with E-state index in [2.05, 4.69) is 9.97 Å². The summed E-state index contributed by atoms with van der Waals surface area (Å²) in [5, 5.41) is 1.58. The third-order valence-corrected chi connectivity index (χ3v) is 3.51. The number of aryl methyl sites for hydroxylation is 1. The molecule has 6 heteroatoms. The zero-order chi connectivity index (χ0) is 15.0. The van der Waals surface area contributed by atoms with Gasteiger partial charge in [0, 0.05) is 31.2 Å². The van der Waals surface area contributed by atoms with Crippen LogP contribution in [0.4, 0.5) is 0 Å². The van der Waals surface area contributed by atoms with Gasteiger partial charge >= 0.3 is 0 Å². The fraction of sp³-hybridized carbons (Fsp3) is 0.133. The Hall–Kier alpha value is -2.40. The molecule has 1 aromatic carbocycles. The molecule has 3 rings (SSSR count). The van der Waals surface area contributed by atoms with Gasteiger partial charge in [-0.25, -0.2) is 4.98 Å². The van der Waals surface area contributed by atoms with Gasteiger partial charge in [0.25, 0.3) is 5.91 Å². The first-order valence-corrected chi connectivity index (χ1v) is 6.77. The summed E-state index contributed by atoms with van der Waals surface area (Å²) in [5.41, 5.74) is 7.47. The average Bonchev–Trinajstić information content (AvgIpc) is 2.80. The normalized spacial score (nSPS) is 11.0. The Labute approximate surface area is 126 Å². The molecule has 0 unspecified atom stereocenters. The molecule has 0 aliphatic heterocycles. The summed E-state index contributed by atoms with van der Waals surface area (Å²) in [5.74, 6) is 0.254. The Morgan fingerprint density at radius 2 is 2.19 bits per heavy atom. The molecule has 0 atom stereocenters. The van der Waals surface area contributed by atoms with Gasteiger partial charge in [-0.1, -0.05) is 17.7 Å². The van der Waals surface area contributed by atoms with Gasteiger partial charge in [0.05, 0.1) is 10.5 Å². The molecule has 0 saturated carbocycles. The highest BCUT2D eigenvalue weighted by Gasteiger charge is 2.10. The lowest BCUT2D eigenvalue weighted by Gasteiger charge is -2.04. The van der Waals surface area contributed by atoms with Crippen molar-refractivity contribution in [3.8, 4) is 0 Å². The van der Waals surface area contributed by atoms with Crippen molar-refractivity contribution in [3.63, 3.8) is 0 Å². The first-order valence-electron chi connectivity index (χ1n) is 6.39. The topological polar surface area (TPSA) is 73.8 Å². The van der Waals surface area contributed by atoms with Crippen LogP contribution in [0.3, 0.4) is 0 Å². The first-order chi connectivity index (χ1) is 10.0. The van der Waals surface area contributed by atoms with Crippen LogP contribution in [-0.4, -0.2) is 20.4 Å². The smallest absolute Gasteiger partial charge is 0.268 e. The van der Waals surface area contributed by atoms with Crippen LogP contribution < -0.4 is 5.73 Å². The zero-order valence-corrected chi connectivity index (χ0v) is 12.1. The van der Waals surface area contributed by atoms with Crippen LogP contribution in [0.2, 0.25) is 5.02 Å². The average molecular weight is 301 g/mol. The van der Waals surface area contributed by atoms with Crippen molar-refractivity contribution in [2.75, 3.05) is 0 Å². The number of carbonyl (C=O) groups excluding carboxylic acids is 1. The quantitative estimate of drug-likeness (QED) is 0.806. The number of hydrogen-bond acceptors (Lipinski definition) is 3. The van der Waals surface area contributed by atoms with E-state index in [1.54, 1.807) is 17.0 Å². The monoisotopic (exact) mass is 300 g/mol. The maximum atomic E-state index is 11.2. The predicted octanol–water partition coefficient (Wildman–Crippen LogP) is 2.31. The molecule has 0 aliphatic rings. The molecule has 0 spiro atoms. The summed E-state index contributed by atoms with van der Waals surface area (Å²) in [6.07, 6.45) is 3.87. The molecule has 1 amide bonds. The molecule has 3 aromatic rings. The highest BCUT2D eigenvalue weighted by atomic mass is 35.5. The number of fused-ring (bicyclic) bond motifs is 1. The number of rotatable bonds is 3. The first kappa shape index (κ1) is 13.6. The molecular formula is C15H13ClN4O. The van der Waals surface area contributed by atoms with Crippen molar-refractivity contribution in [2.45, 2.75) is 6.42 Å². The van der Waals surface area contributed by atoms with Crippen LogP contribution >= 0.6 is 11.6 Å². The van der Waals surface area contributed by atoms with Crippen molar-refractivity contribution in [1.82, 2.24) is 14.5 Å². The number of benzene rings is 1. The van der Waals surface area contributed by atoms with Gasteiger partial charge in [-0.15, -0.1) is 0 Å². The van der Waals surface area contributed by atoms with Gasteiger partial charge in [-0.2, -0.15) is 0 Å². The number of imidazole rings is 1. The molecule has 0 fully saturated rings. The number of halogens is 1. The number of carbonyl (C=O) groups is 1. The maximum absolute atomic E-state index is 11.2. The van der Waals surface area contributed by atoms with Crippen molar-refractivity contribution >= 4 is 28.4 Å². The molecular weight excluding hydrogens is 288 g/mol. The standard InChI is InChI=1S/C15H13ClN4O/c1-20-8-13(15(17)21)19-14(20)5-9-2-3-12-10(4-9)6-11(16)7-18-12/h2-4,6-8H,5H2,1H3,(H2,17,21). The molecule has 2 N–H and O–H groups in total. The van der Waals surface area contributed by atoms with E-state index in [1.165, 1.54) is 0 Å². The predicted molar refractivity (Wildman–Crippen MR) is 81.3 cm³/mol. The summed E-state index contributed by atoms with van der Waals surface area (Å²) in [4.78, 5) is 19.7. The van der Waals surface area contributed by atoms with Crippen molar-refractivity contribution in [3.05, 3.63) is 58.8 Å². The molecule has 0 bridgehead atoms. The highest BCUT2D eigenvalue weighted by molar-refractivity contribution is 6.31. The number of amides is 1. The van der Waals surface area contributed by atoms with E-state index < -0.39 is 5.91 Å². The van der Waals surface area contributed by atoms with Gasteiger partial charge in [-0.3, -0.25) is 9.78 Å². The Kier molecular flexibility index (Phi) is 3.35. The van der Waals surface area contributed by atoms with Gasteiger partial charge in [0.15, 0.2) is 0 Å². The van der Waals surface area contributed by atoms with E-state index in [4.69, 9.17) is 17.3 Å². The minimum atomic E-state index is -0.522. The minimum Gasteiger partial charge on any atom is -0.364 e. The number of nitrogens with zero attached hydrogens (tertiary/aromatic N) is 3. The Balaban J connectivity index is 1.96. The van der Waals surface area contributed by atoms with E-state index >= 15 is 0 Å². The van der Waals surface area contributed by atoms with Crippen molar-refractivity contribution in [2.24, 2.45) is 12.8 Å². The van der Waals surface area contributed by atoms with Gasteiger partial charge in [-0.05, 0) is 23.8 Å². The molecule has 0 saturated heterocycles. The Morgan fingerprint density at radius 3 is 2.90 bits per heavy atom. The third-order valence-electron chi connectivity index (χ3n) is 3.30. The molecule has 2 heterocycles. The lowest BCUT2D eigenvalue weighted by molar-refractivity contribution is 0.0996.